The van der Waals surface area contributed by atoms with Crippen LogP contribution in [0.1, 0.15) is 19.4 Å². The van der Waals surface area contributed by atoms with Crippen molar-refractivity contribution in [3.8, 4) is 5.75 Å². The number of aromatic nitrogens is 3. The minimum atomic E-state index is -0.122. The first kappa shape index (κ1) is 14.8. The van der Waals surface area contributed by atoms with E-state index in [4.69, 9.17) is 4.74 Å². The van der Waals surface area contributed by atoms with E-state index in [0.29, 0.717) is 12.4 Å². The summed E-state index contributed by atoms with van der Waals surface area (Å²) in [6.07, 6.45) is 4.54. The Morgan fingerprint density at radius 2 is 2.12 bits per heavy atom. The van der Waals surface area contributed by atoms with Crippen molar-refractivity contribution in [2.45, 2.75) is 25.8 Å². The zero-order valence-corrected chi connectivity index (χ0v) is 13.9. The molecule has 0 aliphatic carbocycles. The Bertz CT molecular complexity index is 871. The molecular weight excluding hydrogens is 302 g/mol. The molecule has 124 valence electrons. The van der Waals surface area contributed by atoms with Crippen molar-refractivity contribution in [2.75, 3.05) is 23.8 Å². The van der Waals surface area contributed by atoms with E-state index in [1.807, 2.05) is 6.07 Å². The molecule has 0 spiro atoms. The summed E-state index contributed by atoms with van der Waals surface area (Å²) in [7, 11) is 0. The smallest absolute Gasteiger partial charge is 0.204 e. The molecule has 0 amide bonds. The van der Waals surface area contributed by atoms with Gasteiger partial charge in [0.2, 0.25) is 5.75 Å². The number of hydrogen-bond acceptors (Lipinski definition) is 5. The van der Waals surface area contributed by atoms with Crippen LogP contribution < -0.4 is 15.4 Å². The van der Waals surface area contributed by atoms with Crippen LogP contribution in [0.15, 0.2) is 36.8 Å². The molecule has 0 radical (unpaired) electrons. The molecular formula is C18H21N5O. The maximum Gasteiger partial charge on any atom is 0.204 e. The number of benzene rings is 1. The minimum Gasteiger partial charge on any atom is -0.484 e. The van der Waals surface area contributed by atoms with E-state index < -0.39 is 0 Å². The second-order valence-electron chi connectivity index (χ2n) is 6.73. The predicted molar refractivity (Wildman–Crippen MR) is 95.7 cm³/mol. The predicted octanol–water partition coefficient (Wildman–Crippen LogP) is 3.20. The van der Waals surface area contributed by atoms with Gasteiger partial charge < -0.3 is 20.4 Å². The molecule has 1 aromatic carbocycles. The number of hydrogen-bond donors (Lipinski definition) is 3. The molecule has 3 heterocycles. The van der Waals surface area contributed by atoms with E-state index in [2.05, 4.69) is 63.8 Å². The first-order valence-electron chi connectivity index (χ1n) is 8.17. The summed E-state index contributed by atoms with van der Waals surface area (Å²) in [6.45, 7) is 5.53. The summed E-state index contributed by atoms with van der Waals surface area (Å²) in [5, 5.41) is 8.02. The van der Waals surface area contributed by atoms with Gasteiger partial charge in [0, 0.05) is 23.6 Å². The molecule has 3 aromatic rings. The first-order chi connectivity index (χ1) is 11.6. The molecule has 0 atom stereocenters. The number of anilines is 2. The number of para-hydroxylation sites is 1. The van der Waals surface area contributed by atoms with Crippen LogP contribution in [-0.4, -0.2) is 33.6 Å². The van der Waals surface area contributed by atoms with E-state index in [-0.39, 0.29) is 5.54 Å². The third-order valence-electron chi connectivity index (χ3n) is 4.20. The molecule has 4 rings (SSSR count). The van der Waals surface area contributed by atoms with Gasteiger partial charge in [0.15, 0.2) is 11.6 Å². The van der Waals surface area contributed by atoms with Gasteiger partial charge in [0.25, 0.3) is 0 Å². The van der Waals surface area contributed by atoms with Crippen LogP contribution in [0, 0.1) is 0 Å². The highest BCUT2D eigenvalue weighted by atomic mass is 16.5. The van der Waals surface area contributed by atoms with Crippen molar-refractivity contribution in [1.82, 2.24) is 15.0 Å². The fraction of sp³-hybridized carbons (Fsp3) is 0.333. The summed E-state index contributed by atoms with van der Waals surface area (Å²) in [5.41, 5.74) is 2.34. The number of rotatable bonds is 4. The van der Waals surface area contributed by atoms with Gasteiger partial charge in [-0.1, -0.05) is 18.2 Å². The molecule has 0 saturated carbocycles. The van der Waals surface area contributed by atoms with Crippen molar-refractivity contribution in [3.63, 3.8) is 0 Å². The monoisotopic (exact) mass is 323 g/mol. The highest BCUT2D eigenvalue weighted by Crippen LogP contribution is 2.35. The lowest BCUT2D eigenvalue weighted by Gasteiger charge is -2.33. The van der Waals surface area contributed by atoms with Gasteiger partial charge in [0.1, 0.15) is 12.9 Å². The molecule has 0 saturated heterocycles. The molecule has 2 aromatic heterocycles. The Morgan fingerprint density at radius 1 is 1.25 bits per heavy atom. The fourth-order valence-corrected chi connectivity index (χ4v) is 2.99. The van der Waals surface area contributed by atoms with Crippen LogP contribution in [0.4, 0.5) is 11.6 Å². The maximum absolute atomic E-state index is 5.87. The zero-order chi connectivity index (χ0) is 16.6. The SMILES string of the molecule is CC1(C)COc2c(NCCc3c[nH]c4ccccc34)ncnc2N1. The second kappa shape index (κ2) is 5.70. The average Bonchev–Trinajstić information content (AvgIpc) is 2.97. The van der Waals surface area contributed by atoms with Crippen LogP contribution >= 0.6 is 0 Å². The van der Waals surface area contributed by atoms with Gasteiger partial charge in [-0.15, -0.1) is 0 Å². The normalized spacial score (nSPS) is 15.4. The Labute approximate surface area is 140 Å². The number of nitrogens with zero attached hydrogens (tertiary/aromatic N) is 2. The zero-order valence-electron chi connectivity index (χ0n) is 13.9. The Hall–Kier alpha value is -2.76. The molecule has 1 aliphatic rings. The topological polar surface area (TPSA) is 74.9 Å². The van der Waals surface area contributed by atoms with E-state index in [0.717, 1.165) is 24.6 Å². The third kappa shape index (κ3) is 2.75. The quantitative estimate of drug-likeness (QED) is 0.687. The third-order valence-corrected chi connectivity index (χ3v) is 4.20. The standard InChI is InChI=1S/C18H21N5O/c1-18(2)10-24-15-16(21-11-22-17(15)23-18)19-8-7-12-9-20-14-6-4-3-5-13(12)14/h3-6,9,11,20H,7-8,10H2,1-2H3,(H2,19,21,22,23). The largest absolute Gasteiger partial charge is 0.484 e. The van der Waals surface area contributed by atoms with Crippen LogP contribution in [0.2, 0.25) is 0 Å². The molecule has 0 unspecified atom stereocenters. The van der Waals surface area contributed by atoms with Gasteiger partial charge >= 0.3 is 0 Å². The molecule has 6 heteroatoms. The van der Waals surface area contributed by atoms with Gasteiger partial charge in [0.05, 0.1) is 5.54 Å². The van der Waals surface area contributed by atoms with Crippen LogP contribution in [0.5, 0.6) is 5.75 Å². The van der Waals surface area contributed by atoms with Crippen molar-refractivity contribution in [2.24, 2.45) is 0 Å². The molecule has 0 bridgehead atoms. The Balaban J connectivity index is 1.47. The van der Waals surface area contributed by atoms with Crippen molar-refractivity contribution in [3.05, 3.63) is 42.4 Å². The van der Waals surface area contributed by atoms with Gasteiger partial charge in [-0.3, -0.25) is 0 Å². The maximum atomic E-state index is 5.87. The van der Waals surface area contributed by atoms with Gasteiger partial charge in [-0.25, -0.2) is 9.97 Å². The highest BCUT2D eigenvalue weighted by molar-refractivity contribution is 5.83. The van der Waals surface area contributed by atoms with Crippen molar-refractivity contribution < 1.29 is 4.74 Å². The molecule has 24 heavy (non-hydrogen) atoms. The highest BCUT2D eigenvalue weighted by Gasteiger charge is 2.28. The number of fused-ring (bicyclic) bond motifs is 2. The summed E-state index contributed by atoms with van der Waals surface area (Å²) in [5.74, 6) is 2.19. The Morgan fingerprint density at radius 3 is 3.04 bits per heavy atom. The van der Waals surface area contributed by atoms with E-state index in [1.165, 1.54) is 16.5 Å². The molecule has 6 nitrogen and oxygen atoms in total. The first-order valence-corrected chi connectivity index (χ1v) is 8.17. The summed E-state index contributed by atoms with van der Waals surface area (Å²) >= 11 is 0. The van der Waals surface area contributed by atoms with Gasteiger partial charge in [-0.2, -0.15) is 0 Å². The molecule has 3 N–H and O–H groups in total. The number of H-pyrrole nitrogens is 1. The fourth-order valence-electron chi connectivity index (χ4n) is 2.99. The summed E-state index contributed by atoms with van der Waals surface area (Å²) < 4.78 is 5.87. The average molecular weight is 323 g/mol. The van der Waals surface area contributed by atoms with Crippen LogP contribution in [0.25, 0.3) is 10.9 Å². The van der Waals surface area contributed by atoms with Crippen molar-refractivity contribution >= 4 is 22.5 Å². The van der Waals surface area contributed by atoms with Crippen molar-refractivity contribution in [1.29, 1.82) is 0 Å². The molecule has 1 aliphatic heterocycles. The summed E-state index contributed by atoms with van der Waals surface area (Å²) in [6, 6.07) is 8.34. The van der Waals surface area contributed by atoms with Gasteiger partial charge in [-0.05, 0) is 31.9 Å². The van der Waals surface area contributed by atoms with Crippen LogP contribution in [-0.2, 0) is 6.42 Å². The number of aromatic amines is 1. The van der Waals surface area contributed by atoms with E-state index in [9.17, 15) is 0 Å². The lowest BCUT2D eigenvalue weighted by atomic mass is 10.1. The van der Waals surface area contributed by atoms with E-state index in [1.54, 1.807) is 6.33 Å². The molecule has 0 fully saturated rings. The van der Waals surface area contributed by atoms with E-state index >= 15 is 0 Å². The Kier molecular flexibility index (Phi) is 3.52. The number of ether oxygens (including phenoxy) is 1. The lowest BCUT2D eigenvalue weighted by molar-refractivity contribution is 0.240. The minimum absolute atomic E-state index is 0.122. The number of nitrogens with one attached hydrogen (secondary N) is 3. The van der Waals surface area contributed by atoms with Crippen LogP contribution in [0.3, 0.4) is 0 Å². The second-order valence-corrected chi connectivity index (χ2v) is 6.73. The summed E-state index contributed by atoms with van der Waals surface area (Å²) in [4.78, 5) is 11.9. The lowest BCUT2D eigenvalue weighted by Crippen LogP contribution is -2.41.